The standard InChI is InChI=1S/C16H22FNO3/c1-10(2)8-14(16(20)21)18-15(19)11(3)9-12-6-4-5-7-13(12)17/h4-7,10-11,14H,8-9H2,1-3H3,(H,18,19)(H,20,21)/t11?,14-/m1/s1. The van der Waals surface area contributed by atoms with E-state index in [2.05, 4.69) is 5.32 Å². The third kappa shape index (κ3) is 5.53. The van der Waals surface area contributed by atoms with Crippen LogP contribution >= 0.6 is 0 Å². The predicted molar refractivity (Wildman–Crippen MR) is 78.3 cm³/mol. The molecule has 1 amide bonds. The summed E-state index contributed by atoms with van der Waals surface area (Å²) in [7, 11) is 0. The molecule has 0 fully saturated rings. The number of rotatable bonds is 7. The van der Waals surface area contributed by atoms with Gasteiger partial charge >= 0.3 is 5.97 Å². The van der Waals surface area contributed by atoms with Gasteiger partial charge in [-0.1, -0.05) is 39.0 Å². The van der Waals surface area contributed by atoms with Crippen LogP contribution in [0.5, 0.6) is 0 Å². The quantitative estimate of drug-likeness (QED) is 0.812. The van der Waals surface area contributed by atoms with Crippen LogP contribution in [0, 0.1) is 17.7 Å². The van der Waals surface area contributed by atoms with Crippen LogP contribution in [0.3, 0.4) is 0 Å². The third-order valence-corrected chi connectivity index (χ3v) is 3.25. The number of hydrogen-bond acceptors (Lipinski definition) is 2. The first kappa shape index (κ1) is 17.1. The lowest BCUT2D eigenvalue weighted by Gasteiger charge is -2.19. The Bertz CT molecular complexity index is 502. The molecule has 0 radical (unpaired) electrons. The summed E-state index contributed by atoms with van der Waals surface area (Å²) in [5.41, 5.74) is 0.455. The van der Waals surface area contributed by atoms with Crippen LogP contribution < -0.4 is 5.32 Å². The highest BCUT2D eigenvalue weighted by Crippen LogP contribution is 2.13. The number of carbonyl (C=O) groups is 2. The Morgan fingerprint density at radius 3 is 2.38 bits per heavy atom. The summed E-state index contributed by atoms with van der Waals surface area (Å²) >= 11 is 0. The van der Waals surface area contributed by atoms with Gasteiger partial charge in [-0.25, -0.2) is 9.18 Å². The molecule has 0 aromatic heterocycles. The summed E-state index contributed by atoms with van der Waals surface area (Å²) in [5, 5.41) is 11.6. The van der Waals surface area contributed by atoms with Gasteiger partial charge < -0.3 is 10.4 Å². The number of carbonyl (C=O) groups excluding carboxylic acids is 1. The maximum Gasteiger partial charge on any atom is 0.326 e. The van der Waals surface area contributed by atoms with Crippen LogP contribution in [0.2, 0.25) is 0 Å². The number of nitrogens with one attached hydrogen (secondary N) is 1. The molecule has 0 spiro atoms. The molecule has 0 saturated heterocycles. The van der Waals surface area contributed by atoms with E-state index in [-0.39, 0.29) is 24.1 Å². The zero-order valence-electron chi connectivity index (χ0n) is 12.6. The monoisotopic (exact) mass is 295 g/mol. The number of aliphatic carboxylic acids is 1. The van der Waals surface area contributed by atoms with Crippen LogP contribution in [-0.4, -0.2) is 23.0 Å². The molecule has 1 aromatic carbocycles. The van der Waals surface area contributed by atoms with Gasteiger partial charge in [-0.3, -0.25) is 4.79 Å². The first-order valence-corrected chi connectivity index (χ1v) is 7.07. The minimum atomic E-state index is -1.05. The zero-order valence-corrected chi connectivity index (χ0v) is 12.6. The van der Waals surface area contributed by atoms with Gasteiger partial charge in [-0.2, -0.15) is 0 Å². The van der Waals surface area contributed by atoms with Gasteiger partial charge in [-0.05, 0) is 30.4 Å². The van der Waals surface area contributed by atoms with Crippen molar-refractivity contribution in [3.8, 4) is 0 Å². The smallest absolute Gasteiger partial charge is 0.326 e. The molecule has 2 atom stereocenters. The molecule has 0 saturated carbocycles. The van der Waals surface area contributed by atoms with Crippen molar-refractivity contribution in [2.24, 2.45) is 11.8 Å². The van der Waals surface area contributed by atoms with Gasteiger partial charge in [0, 0.05) is 5.92 Å². The van der Waals surface area contributed by atoms with Crippen molar-refractivity contribution < 1.29 is 19.1 Å². The zero-order chi connectivity index (χ0) is 16.0. The number of hydrogen-bond donors (Lipinski definition) is 2. The van der Waals surface area contributed by atoms with Gasteiger partial charge in [0.05, 0.1) is 0 Å². The van der Waals surface area contributed by atoms with Gasteiger partial charge in [0.25, 0.3) is 0 Å². The molecule has 1 rings (SSSR count). The summed E-state index contributed by atoms with van der Waals surface area (Å²) in [6.07, 6.45) is 0.611. The fourth-order valence-electron chi connectivity index (χ4n) is 2.09. The maximum atomic E-state index is 13.6. The molecule has 116 valence electrons. The fourth-order valence-corrected chi connectivity index (χ4v) is 2.09. The topological polar surface area (TPSA) is 66.4 Å². The highest BCUT2D eigenvalue weighted by Gasteiger charge is 2.24. The lowest BCUT2D eigenvalue weighted by Crippen LogP contribution is -2.44. The van der Waals surface area contributed by atoms with Gasteiger partial charge in [0.15, 0.2) is 0 Å². The second-order valence-corrected chi connectivity index (χ2v) is 5.73. The summed E-state index contributed by atoms with van der Waals surface area (Å²) in [6.45, 7) is 5.45. The van der Waals surface area contributed by atoms with E-state index in [1.165, 1.54) is 6.07 Å². The van der Waals surface area contributed by atoms with E-state index in [0.717, 1.165) is 0 Å². The van der Waals surface area contributed by atoms with E-state index in [0.29, 0.717) is 12.0 Å². The van der Waals surface area contributed by atoms with Gasteiger partial charge in [0.2, 0.25) is 5.91 Å². The molecule has 0 heterocycles. The van der Waals surface area contributed by atoms with Crippen LogP contribution in [0.1, 0.15) is 32.8 Å². The Hall–Kier alpha value is -1.91. The van der Waals surface area contributed by atoms with Crippen molar-refractivity contribution in [1.29, 1.82) is 0 Å². The molecule has 1 unspecified atom stereocenters. The normalized spacial score (nSPS) is 13.8. The molecule has 0 aliphatic carbocycles. The second kappa shape index (κ2) is 7.76. The minimum Gasteiger partial charge on any atom is -0.480 e. The molecule has 5 heteroatoms. The average molecular weight is 295 g/mol. The molecular weight excluding hydrogens is 273 g/mol. The highest BCUT2D eigenvalue weighted by molar-refractivity contribution is 5.84. The van der Waals surface area contributed by atoms with Crippen molar-refractivity contribution in [2.75, 3.05) is 0 Å². The average Bonchev–Trinajstić information content (AvgIpc) is 2.39. The first-order chi connectivity index (χ1) is 9.81. The molecule has 21 heavy (non-hydrogen) atoms. The number of carboxylic acids is 1. The van der Waals surface area contributed by atoms with E-state index in [1.807, 2.05) is 13.8 Å². The molecule has 0 aliphatic rings. The Morgan fingerprint density at radius 2 is 1.86 bits per heavy atom. The number of amides is 1. The largest absolute Gasteiger partial charge is 0.480 e. The number of carboxylic acid groups (broad SMARTS) is 1. The first-order valence-electron chi connectivity index (χ1n) is 7.07. The lowest BCUT2D eigenvalue weighted by molar-refractivity contribution is -0.142. The van der Waals surface area contributed by atoms with Crippen molar-refractivity contribution in [3.05, 3.63) is 35.6 Å². The molecule has 2 N–H and O–H groups in total. The summed E-state index contributed by atoms with van der Waals surface area (Å²) < 4.78 is 13.6. The Morgan fingerprint density at radius 1 is 1.24 bits per heavy atom. The number of halogens is 1. The Labute approximate surface area is 124 Å². The van der Waals surface area contributed by atoms with Gasteiger partial charge in [-0.15, -0.1) is 0 Å². The van der Waals surface area contributed by atoms with E-state index in [1.54, 1.807) is 25.1 Å². The lowest BCUT2D eigenvalue weighted by atomic mass is 9.98. The Balaban J connectivity index is 2.65. The predicted octanol–water partition coefficient (Wildman–Crippen LogP) is 2.62. The van der Waals surface area contributed by atoms with Crippen LogP contribution in [0.25, 0.3) is 0 Å². The van der Waals surface area contributed by atoms with E-state index >= 15 is 0 Å². The maximum absolute atomic E-state index is 13.6. The van der Waals surface area contributed by atoms with Crippen molar-refractivity contribution in [3.63, 3.8) is 0 Å². The highest BCUT2D eigenvalue weighted by atomic mass is 19.1. The molecule has 0 bridgehead atoms. The van der Waals surface area contributed by atoms with E-state index < -0.39 is 17.9 Å². The van der Waals surface area contributed by atoms with Gasteiger partial charge in [0.1, 0.15) is 11.9 Å². The van der Waals surface area contributed by atoms with Crippen molar-refractivity contribution >= 4 is 11.9 Å². The molecular formula is C16H22FNO3. The molecule has 0 aliphatic heterocycles. The third-order valence-electron chi connectivity index (χ3n) is 3.25. The second-order valence-electron chi connectivity index (χ2n) is 5.73. The van der Waals surface area contributed by atoms with Crippen molar-refractivity contribution in [2.45, 2.75) is 39.7 Å². The Kier molecular flexibility index (Phi) is 6.34. The SMILES string of the molecule is CC(C)C[C@@H](NC(=O)C(C)Cc1ccccc1F)C(=O)O. The van der Waals surface area contributed by atoms with E-state index in [9.17, 15) is 14.0 Å². The van der Waals surface area contributed by atoms with Crippen molar-refractivity contribution in [1.82, 2.24) is 5.32 Å². The summed E-state index contributed by atoms with van der Waals surface area (Å²) in [6, 6.07) is 5.37. The molecule has 1 aromatic rings. The van der Waals surface area contributed by atoms with Crippen LogP contribution in [-0.2, 0) is 16.0 Å². The summed E-state index contributed by atoms with van der Waals surface area (Å²) in [5.74, 6) is -2.10. The minimum absolute atomic E-state index is 0.160. The van der Waals surface area contributed by atoms with Crippen LogP contribution in [0.15, 0.2) is 24.3 Å². The summed E-state index contributed by atoms with van der Waals surface area (Å²) in [4.78, 5) is 23.2. The number of benzene rings is 1. The fraction of sp³-hybridized carbons (Fsp3) is 0.500. The molecule has 4 nitrogen and oxygen atoms in total. The van der Waals surface area contributed by atoms with Crippen LogP contribution in [0.4, 0.5) is 4.39 Å². The van der Waals surface area contributed by atoms with E-state index in [4.69, 9.17) is 5.11 Å².